The topological polar surface area (TPSA) is 75.6 Å². The van der Waals surface area contributed by atoms with Crippen molar-refractivity contribution >= 4 is 11.9 Å². The highest BCUT2D eigenvalue weighted by atomic mass is 16.5. The average Bonchev–Trinajstić information content (AvgIpc) is 3.32. The van der Waals surface area contributed by atoms with Gasteiger partial charge in [-0.3, -0.25) is 4.79 Å². The number of carbonyl (C=O) groups is 2. The van der Waals surface area contributed by atoms with Gasteiger partial charge in [-0.15, -0.1) is 0 Å². The Balaban J connectivity index is 2.15. The van der Waals surface area contributed by atoms with Crippen molar-refractivity contribution in [1.82, 2.24) is 5.32 Å². The zero-order valence-electron chi connectivity index (χ0n) is 13.1. The molecule has 5 heteroatoms. The molecule has 2 rings (SSSR count). The van der Waals surface area contributed by atoms with Gasteiger partial charge in [-0.2, -0.15) is 0 Å². The van der Waals surface area contributed by atoms with E-state index in [4.69, 9.17) is 4.74 Å². The second-order valence-corrected chi connectivity index (χ2v) is 5.79. The lowest BCUT2D eigenvalue weighted by molar-refractivity contribution is -0.142. The van der Waals surface area contributed by atoms with Crippen molar-refractivity contribution in [2.75, 3.05) is 7.11 Å². The maximum absolute atomic E-state index is 12.6. The molecule has 1 amide bonds. The number of carboxylic acid groups (broad SMARTS) is 1. The molecular formula is C17H23NO4. The Hall–Kier alpha value is -2.04. The van der Waals surface area contributed by atoms with Gasteiger partial charge < -0.3 is 15.2 Å². The van der Waals surface area contributed by atoms with Crippen LogP contribution in [0.3, 0.4) is 0 Å². The number of aliphatic carboxylic acids is 1. The standard InChI is InChI=1S/C17H23NO4/c1-3-4-8-13(15(19)20)18-16(21)17(10-11-17)12-7-5-6-9-14(12)22-2/h5-7,9,13H,3-4,8,10-11H2,1-2H3,(H,18,21)(H,19,20). The molecule has 1 saturated carbocycles. The van der Waals surface area contributed by atoms with Crippen molar-refractivity contribution in [3.05, 3.63) is 29.8 Å². The molecule has 22 heavy (non-hydrogen) atoms. The fourth-order valence-corrected chi connectivity index (χ4v) is 2.75. The summed E-state index contributed by atoms with van der Waals surface area (Å²) in [5.74, 6) is -0.506. The fourth-order valence-electron chi connectivity index (χ4n) is 2.75. The summed E-state index contributed by atoms with van der Waals surface area (Å²) >= 11 is 0. The summed E-state index contributed by atoms with van der Waals surface area (Å²) in [6.45, 7) is 2.00. The molecule has 2 N–H and O–H groups in total. The monoisotopic (exact) mass is 305 g/mol. The number of unbranched alkanes of at least 4 members (excludes halogenated alkanes) is 1. The molecule has 1 unspecified atom stereocenters. The van der Waals surface area contributed by atoms with Gasteiger partial charge in [0.25, 0.3) is 0 Å². The molecule has 0 aromatic heterocycles. The molecule has 0 heterocycles. The summed E-state index contributed by atoms with van der Waals surface area (Å²) in [5, 5.41) is 12.0. The third-order valence-electron chi connectivity index (χ3n) is 4.26. The molecule has 1 aromatic rings. The Bertz CT molecular complexity index is 551. The molecule has 1 aliphatic rings. The minimum atomic E-state index is -0.974. The van der Waals surface area contributed by atoms with Gasteiger partial charge in [-0.05, 0) is 25.3 Å². The van der Waals surface area contributed by atoms with Crippen LogP contribution in [0, 0.1) is 0 Å². The van der Waals surface area contributed by atoms with Crippen molar-refractivity contribution < 1.29 is 19.4 Å². The minimum absolute atomic E-state index is 0.208. The molecule has 1 atom stereocenters. The Morgan fingerprint density at radius 3 is 2.59 bits per heavy atom. The van der Waals surface area contributed by atoms with Gasteiger partial charge in [0.2, 0.25) is 5.91 Å². The molecule has 0 aliphatic heterocycles. The van der Waals surface area contributed by atoms with Crippen LogP contribution >= 0.6 is 0 Å². The molecule has 0 radical (unpaired) electrons. The lowest BCUT2D eigenvalue weighted by Gasteiger charge is -2.21. The Morgan fingerprint density at radius 1 is 1.36 bits per heavy atom. The number of ether oxygens (including phenoxy) is 1. The van der Waals surface area contributed by atoms with Crippen LogP contribution in [0.5, 0.6) is 5.75 Å². The van der Waals surface area contributed by atoms with Gasteiger partial charge >= 0.3 is 5.97 Å². The predicted molar refractivity (Wildman–Crippen MR) is 83.0 cm³/mol. The van der Waals surface area contributed by atoms with E-state index in [1.165, 1.54) is 0 Å². The van der Waals surface area contributed by atoms with Gasteiger partial charge in [0.15, 0.2) is 0 Å². The van der Waals surface area contributed by atoms with Crippen molar-refractivity contribution in [2.24, 2.45) is 0 Å². The summed E-state index contributed by atoms with van der Waals surface area (Å²) in [7, 11) is 1.58. The van der Waals surface area contributed by atoms with Gasteiger partial charge in [-0.25, -0.2) is 4.79 Å². The summed E-state index contributed by atoms with van der Waals surface area (Å²) < 4.78 is 5.34. The molecule has 0 bridgehead atoms. The van der Waals surface area contributed by atoms with Crippen molar-refractivity contribution in [2.45, 2.75) is 50.5 Å². The first-order valence-electron chi connectivity index (χ1n) is 7.72. The first-order valence-corrected chi connectivity index (χ1v) is 7.72. The van der Waals surface area contributed by atoms with Gasteiger partial charge in [0.1, 0.15) is 11.8 Å². The maximum Gasteiger partial charge on any atom is 0.326 e. The highest BCUT2D eigenvalue weighted by Gasteiger charge is 2.53. The first-order chi connectivity index (χ1) is 10.5. The molecule has 1 fully saturated rings. The van der Waals surface area contributed by atoms with Gasteiger partial charge in [-0.1, -0.05) is 38.0 Å². The number of rotatable bonds is 8. The lowest BCUT2D eigenvalue weighted by Crippen LogP contribution is -2.45. The predicted octanol–water partition coefficient (Wildman–Crippen LogP) is 2.49. The van der Waals surface area contributed by atoms with E-state index in [9.17, 15) is 14.7 Å². The average molecular weight is 305 g/mol. The number of para-hydroxylation sites is 1. The summed E-state index contributed by atoms with van der Waals surface area (Å²) in [4.78, 5) is 24.0. The van der Waals surface area contributed by atoms with E-state index in [2.05, 4.69) is 5.32 Å². The quantitative estimate of drug-likeness (QED) is 0.773. The molecule has 120 valence electrons. The second-order valence-electron chi connectivity index (χ2n) is 5.79. The summed E-state index contributed by atoms with van der Waals surface area (Å²) in [5.41, 5.74) is 0.210. The van der Waals surface area contributed by atoms with E-state index in [-0.39, 0.29) is 5.91 Å². The van der Waals surface area contributed by atoms with E-state index < -0.39 is 17.4 Å². The fraction of sp³-hybridized carbons (Fsp3) is 0.529. The van der Waals surface area contributed by atoms with Crippen LogP contribution in [0.2, 0.25) is 0 Å². The molecule has 1 aliphatic carbocycles. The number of carboxylic acids is 1. The molecule has 0 spiro atoms. The summed E-state index contributed by atoms with van der Waals surface area (Å²) in [6.07, 6.45) is 3.58. The zero-order chi connectivity index (χ0) is 16.2. The largest absolute Gasteiger partial charge is 0.496 e. The number of hydrogen-bond donors (Lipinski definition) is 2. The van der Waals surface area contributed by atoms with Crippen LogP contribution in [0.25, 0.3) is 0 Å². The third kappa shape index (κ3) is 3.24. The molecule has 1 aromatic carbocycles. The maximum atomic E-state index is 12.6. The minimum Gasteiger partial charge on any atom is -0.496 e. The smallest absolute Gasteiger partial charge is 0.326 e. The number of carbonyl (C=O) groups excluding carboxylic acids is 1. The van der Waals surface area contributed by atoms with E-state index in [1.54, 1.807) is 7.11 Å². The zero-order valence-corrected chi connectivity index (χ0v) is 13.1. The Kier molecular flexibility index (Phi) is 5.06. The number of nitrogens with one attached hydrogen (secondary N) is 1. The molecule has 5 nitrogen and oxygen atoms in total. The van der Waals surface area contributed by atoms with E-state index in [0.29, 0.717) is 12.2 Å². The van der Waals surface area contributed by atoms with Crippen LogP contribution in [-0.2, 0) is 15.0 Å². The molecular weight excluding hydrogens is 282 g/mol. The third-order valence-corrected chi connectivity index (χ3v) is 4.26. The normalized spacial score (nSPS) is 16.6. The van der Waals surface area contributed by atoms with Crippen LogP contribution in [0.1, 0.15) is 44.6 Å². The van der Waals surface area contributed by atoms with Crippen molar-refractivity contribution in [3.8, 4) is 5.75 Å². The number of amides is 1. The van der Waals surface area contributed by atoms with Crippen molar-refractivity contribution in [1.29, 1.82) is 0 Å². The molecule has 0 saturated heterocycles. The van der Waals surface area contributed by atoms with Crippen LogP contribution < -0.4 is 10.1 Å². The van der Waals surface area contributed by atoms with Crippen molar-refractivity contribution in [3.63, 3.8) is 0 Å². The van der Waals surface area contributed by atoms with Gasteiger partial charge in [0, 0.05) is 5.56 Å². The second kappa shape index (κ2) is 6.81. The number of hydrogen-bond acceptors (Lipinski definition) is 3. The van der Waals surface area contributed by atoms with Crippen LogP contribution in [-0.4, -0.2) is 30.1 Å². The van der Waals surface area contributed by atoms with E-state index in [1.807, 2.05) is 31.2 Å². The SMILES string of the molecule is CCCCC(NC(=O)C1(c2ccccc2OC)CC1)C(=O)O. The first kappa shape index (κ1) is 16.3. The Labute approximate surface area is 130 Å². The van der Waals surface area contributed by atoms with E-state index in [0.717, 1.165) is 31.2 Å². The van der Waals surface area contributed by atoms with E-state index >= 15 is 0 Å². The summed E-state index contributed by atoms with van der Waals surface area (Å²) in [6, 6.07) is 6.62. The Morgan fingerprint density at radius 2 is 2.05 bits per heavy atom. The lowest BCUT2D eigenvalue weighted by atomic mass is 9.93. The van der Waals surface area contributed by atoms with Crippen LogP contribution in [0.15, 0.2) is 24.3 Å². The number of methoxy groups -OCH3 is 1. The van der Waals surface area contributed by atoms with Gasteiger partial charge in [0.05, 0.1) is 12.5 Å². The highest BCUT2D eigenvalue weighted by molar-refractivity contribution is 5.94. The number of benzene rings is 1. The van der Waals surface area contributed by atoms with Crippen LogP contribution in [0.4, 0.5) is 0 Å². The highest BCUT2D eigenvalue weighted by Crippen LogP contribution is 2.51.